The Bertz CT molecular complexity index is 1930. The van der Waals surface area contributed by atoms with Crippen molar-refractivity contribution in [2.24, 2.45) is 16.8 Å². The van der Waals surface area contributed by atoms with Gasteiger partial charge in [-0.1, -0.05) is 107 Å². The number of rotatable bonds is 21. The number of amidine groups is 1. The van der Waals surface area contributed by atoms with Gasteiger partial charge >= 0.3 is 12.2 Å². The number of nitrogens with one attached hydrogen (secondary N) is 6. The number of hydrogen-bond acceptors (Lipinski definition) is 12. The number of benzene rings is 2. The molecule has 0 saturated carbocycles. The van der Waals surface area contributed by atoms with E-state index < -0.39 is 77.9 Å². The highest BCUT2D eigenvalue weighted by Gasteiger charge is 2.40. The second-order valence-electron chi connectivity index (χ2n) is 18.7. The SMILES string of the molecule is CC(C)C[C@H](NC(=O)OC(C)(C)C)C(=O)N[C@H](Cc1ccccc1)C(=O)N1CCC[C@H]1C(=O)N[C@@H](C(C)C)[C@H](O)N[C@@H](CCCNC(=O)OCc1ccccc1)C(=O)NC1=NCCC(C)S1. The van der Waals surface area contributed by atoms with Gasteiger partial charge in [0, 0.05) is 31.3 Å². The van der Waals surface area contributed by atoms with E-state index in [1.54, 1.807) is 20.8 Å². The normalized spacial score (nSPS) is 18.5. The number of alkyl carbamates (subject to hydrolysis) is 2. The highest BCUT2D eigenvalue weighted by molar-refractivity contribution is 8.14. The maximum atomic E-state index is 14.5. The number of carbonyl (C=O) groups is 6. The van der Waals surface area contributed by atoms with Crippen LogP contribution < -0.4 is 31.9 Å². The lowest BCUT2D eigenvalue weighted by molar-refractivity contribution is -0.142. The zero-order chi connectivity index (χ0) is 48.4. The van der Waals surface area contributed by atoms with Crippen LogP contribution in [0.2, 0.25) is 0 Å². The van der Waals surface area contributed by atoms with E-state index in [0.29, 0.717) is 31.0 Å². The van der Waals surface area contributed by atoms with E-state index in [-0.39, 0.29) is 56.0 Å². The Morgan fingerprint density at radius 2 is 1.52 bits per heavy atom. The number of aliphatic imine (C=N–C) groups is 1. The van der Waals surface area contributed by atoms with E-state index in [0.717, 1.165) is 17.5 Å². The number of nitrogens with zero attached hydrogens (tertiary/aromatic N) is 2. The molecule has 18 heteroatoms. The summed E-state index contributed by atoms with van der Waals surface area (Å²) in [6, 6.07) is 13.7. The molecular formula is C48H72N8O9S. The Balaban J connectivity index is 1.46. The standard InChI is InChI=1S/C48H72N8O9S/c1-30(2)27-36(53-47(63)65-48(6,7)8)41(58)52-37(28-33-17-11-9-12-18-33)44(61)56-26-16-22-38(56)42(59)54-39(31(3)4)43(60)51-35(40(57)55-45-49-25-23-32(5)66-45)21-15-24-50-46(62)64-29-34-19-13-10-14-20-34/h9-14,17-20,30-32,35-39,43,51,60H,15-16,21-29H2,1-8H3,(H,50,62)(H,52,58)(H,53,63)(H,54,59)(H,49,55,57)/t32?,35-,36-,37+,38-,39-,43-/m0/s1. The first-order chi connectivity index (χ1) is 31.3. The third kappa shape index (κ3) is 18.2. The number of aliphatic hydroxyl groups excluding tert-OH is 1. The predicted octanol–water partition coefficient (Wildman–Crippen LogP) is 4.77. The molecule has 0 radical (unpaired) electrons. The largest absolute Gasteiger partial charge is 0.445 e. The Morgan fingerprint density at radius 3 is 2.14 bits per heavy atom. The van der Waals surface area contributed by atoms with Gasteiger partial charge in [-0.2, -0.15) is 0 Å². The number of aliphatic hydroxyl groups is 1. The van der Waals surface area contributed by atoms with Crippen molar-refractivity contribution in [3.8, 4) is 0 Å². The van der Waals surface area contributed by atoms with Crippen LogP contribution in [0.15, 0.2) is 65.7 Å². The molecule has 0 spiro atoms. The quantitative estimate of drug-likeness (QED) is 0.0667. The maximum absolute atomic E-state index is 14.5. The molecule has 2 heterocycles. The summed E-state index contributed by atoms with van der Waals surface area (Å²) in [7, 11) is 0. The Hall–Kier alpha value is -5.20. The highest BCUT2D eigenvalue weighted by atomic mass is 32.2. The third-order valence-corrected chi connectivity index (χ3v) is 12.1. The monoisotopic (exact) mass is 937 g/mol. The first kappa shape index (κ1) is 53.4. The second kappa shape index (κ2) is 26.2. The van der Waals surface area contributed by atoms with Gasteiger partial charge in [0.25, 0.3) is 0 Å². The summed E-state index contributed by atoms with van der Waals surface area (Å²) in [5, 5.41) is 29.7. The molecule has 1 fully saturated rings. The molecule has 0 aromatic heterocycles. The van der Waals surface area contributed by atoms with E-state index in [9.17, 15) is 33.9 Å². The molecular weight excluding hydrogens is 865 g/mol. The highest BCUT2D eigenvalue weighted by Crippen LogP contribution is 2.23. The Labute approximate surface area is 394 Å². The van der Waals surface area contributed by atoms with E-state index in [2.05, 4.69) is 43.8 Å². The number of hydrogen-bond donors (Lipinski definition) is 7. The Morgan fingerprint density at radius 1 is 0.848 bits per heavy atom. The van der Waals surface area contributed by atoms with Crippen LogP contribution in [0, 0.1) is 11.8 Å². The fourth-order valence-corrected chi connectivity index (χ4v) is 8.55. The molecule has 2 aromatic rings. The number of carbonyl (C=O) groups excluding carboxylic acids is 6. The molecule has 1 saturated heterocycles. The van der Waals surface area contributed by atoms with Gasteiger partial charge in [-0.15, -0.1) is 0 Å². The summed E-state index contributed by atoms with van der Waals surface area (Å²) in [6.45, 7) is 15.9. The zero-order valence-corrected chi connectivity index (χ0v) is 40.6. The fourth-order valence-electron chi connectivity index (χ4n) is 7.62. The number of amides is 6. The summed E-state index contributed by atoms with van der Waals surface area (Å²) in [6.07, 6.45) is -0.0360. The van der Waals surface area contributed by atoms with Crippen molar-refractivity contribution in [2.45, 2.75) is 154 Å². The lowest BCUT2D eigenvalue weighted by Gasteiger charge is -2.34. The molecule has 0 aliphatic carbocycles. The lowest BCUT2D eigenvalue weighted by Crippen LogP contribution is -2.61. The van der Waals surface area contributed by atoms with Crippen molar-refractivity contribution in [2.75, 3.05) is 19.6 Å². The van der Waals surface area contributed by atoms with Crippen LogP contribution >= 0.6 is 11.8 Å². The lowest BCUT2D eigenvalue weighted by atomic mass is 9.99. The minimum atomic E-state index is -1.40. The topological polar surface area (TPSA) is 229 Å². The molecule has 7 atom stereocenters. The number of thioether (sulfide) groups is 1. The average Bonchev–Trinajstić information content (AvgIpc) is 3.75. The van der Waals surface area contributed by atoms with Crippen LogP contribution in [0.25, 0.3) is 0 Å². The van der Waals surface area contributed by atoms with Crippen molar-refractivity contribution in [1.82, 2.24) is 36.8 Å². The van der Waals surface area contributed by atoms with Crippen LogP contribution in [-0.4, -0.2) is 118 Å². The molecule has 6 amide bonds. The summed E-state index contributed by atoms with van der Waals surface area (Å²) < 4.78 is 10.8. The van der Waals surface area contributed by atoms with Crippen molar-refractivity contribution in [1.29, 1.82) is 0 Å². The minimum Gasteiger partial charge on any atom is -0.445 e. The molecule has 0 bridgehead atoms. The van der Waals surface area contributed by atoms with Gasteiger partial charge < -0.3 is 46.1 Å². The molecule has 2 aliphatic heterocycles. The van der Waals surface area contributed by atoms with Gasteiger partial charge in [0.15, 0.2) is 5.17 Å². The third-order valence-electron chi connectivity index (χ3n) is 11.0. The van der Waals surface area contributed by atoms with Gasteiger partial charge in [-0.05, 0) is 82.3 Å². The van der Waals surface area contributed by atoms with Crippen LogP contribution in [-0.2, 0) is 41.7 Å². The van der Waals surface area contributed by atoms with Crippen LogP contribution in [0.3, 0.4) is 0 Å². The van der Waals surface area contributed by atoms with Crippen molar-refractivity contribution in [3.63, 3.8) is 0 Å². The van der Waals surface area contributed by atoms with Gasteiger partial charge in [0.05, 0.1) is 12.1 Å². The summed E-state index contributed by atoms with van der Waals surface area (Å²) in [4.78, 5) is 87.6. The molecule has 2 aromatic carbocycles. The predicted molar refractivity (Wildman–Crippen MR) is 255 cm³/mol. The summed E-state index contributed by atoms with van der Waals surface area (Å²) in [5.41, 5.74) is 0.836. The van der Waals surface area contributed by atoms with Crippen molar-refractivity contribution < 1.29 is 43.3 Å². The van der Waals surface area contributed by atoms with E-state index >= 15 is 0 Å². The molecule has 7 N–H and O–H groups in total. The van der Waals surface area contributed by atoms with E-state index in [4.69, 9.17) is 9.47 Å². The van der Waals surface area contributed by atoms with Crippen LogP contribution in [0.5, 0.6) is 0 Å². The molecule has 1 unspecified atom stereocenters. The minimum absolute atomic E-state index is 0.0151. The van der Waals surface area contributed by atoms with E-state index in [1.165, 1.54) is 16.7 Å². The van der Waals surface area contributed by atoms with Crippen molar-refractivity contribution in [3.05, 3.63) is 71.8 Å². The second-order valence-corrected chi connectivity index (χ2v) is 20.2. The number of ether oxygens (including phenoxy) is 2. The molecule has 66 heavy (non-hydrogen) atoms. The molecule has 364 valence electrons. The molecule has 17 nitrogen and oxygen atoms in total. The first-order valence-electron chi connectivity index (χ1n) is 23.1. The maximum Gasteiger partial charge on any atom is 0.408 e. The fraction of sp³-hybridized carbons (Fsp3) is 0.604. The average molecular weight is 937 g/mol. The number of likely N-dealkylation sites (tertiary alicyclic amines) is 1. The van der Waals surface area contributed by atoms with Gasteiger partial charge in [-0.3, -0.25) is 29.5 Å². The summed E-state index contributed by atoms with van der Waals surface area (Å²) >= 11 is 1.46. The smallest absolute Gasteiger partial charge is 0.408 e. The first-order valence-corrected chi connectivity index (χ1v) is 24.0. The molecule has 2 aliphatic rings. The van der Waals surface area contributed by atoms with Crippen LogP contribution in [0.1, 0.15) is 105 Å². The van der Waals surface area contributed by atoms with Crippen molar-refractivity contribution >= 4 is 52.7 Å². The van der Waals surface area contributed by atoms with Crippen LogP contribution in [0.4, 0.5) is 9.59 Å². The van der Waals surface area contributed by atoms with Gasteiger partial charge in [0.1, 0.15) is 36.6 Å². The molecule has 4 rings (SSSR count). The van der Waals surface area contributed by atoms with Gasteiger partial charge in [0.2, 0.25) is 23.6 Å². The van der Waals surface area contributed by atoms with E-state index in [1.807, 2.05) is 88.4 Å². The zero-order valence-electron chi connectivity index (χ0n) is 39.8. The Kier molecular flexibility index (Phi) is 21.2. The summed E-state index contributed by atoms with van der Waals surface area (Å²) in [5.74, 6) is -2.24. The van der Waals surface area contributed by atoms with Gasteiger partial charge in [-0.25, -0.2) is 9.59 Å².